The van der Waals surface area contributed by atoms with Crippen molar-refractivity contribution in [2.24, 2.45) is 0 Å². The molecule has 0 aliphatic heterocycles. The Bertz CT molecular complexity index is 973. The van der Waals surface area contributed by atoms with Gasteiger partial charge in [-0.15, -0.1) is 0 Å². The molecule has 3 rings (SSSR count). The zero-order valence-electron chi connectivity index (χ0n) is 14.1. The highest BCUT2D eigenvalue weighted by Crippen LogP contribution is 2.23. The Morgan fingerprint density at radius 1 is 1.11 bits per heavy atom. The molecule has 0 bridgehead atoms. The van der Waals surface area contributed by atoms with Crippen molar-refractivity contribution in [3.05, 3.63) is 58.6 Å². The second-order valence-electron chi connectivity index (χ2n) is 6.03. The number of hydrogen-bond acceptors (Lipinski definition) is 5. The van der Waals surface area contributed by atoms with Gasteiger partial charge in [0.25, 0.3) is 5.91 Å². The summed E-state index contributed by atoms with van der Waals surface area (Å²) in [6, 6.07) is 12.5. The van der Waals surface area contributed by atoms with E-state index in [4.69, 9.17) is 4.74 Å². The Kier molecular flexibility index (Phi) is 5.93. The molecular weight excluding hydrogens is 436 g/mol. The lowest BCUT2D eigenvalue weighted by Crippen LogP contribution is -2.26. The molecule has 2 aromatic rings. The molecule has 0 unspecified atom stereocenters. The van der Waals surface area contributed by atoms with Crippen LogP contribution in [0.5, 0.6) is 0 Å². The number of esters is 1. The normalized spacial score (nSPS) is 13.8. The Balaban J connectivity index is 1.60. The van der Waals surface area contributed by atoms with Crippen LogP contribution in [0.15, 0.2) is 57.9 Å². The van der Waals surface area contributed by atoms with Crippen LogP contribution in [-0.4, -0.2) is 32.9 Å². The van der Waals surface area contributed by atoms with Crippen LogP contribution in [0.4, 0.5) is 5.69 Å². The molecule has 2 N–H and O–H groups in total. The van der Waals surface area contributed by atoms with Crippen LogP contribution in [0.3, 0.4) is 0 Å². The highest BCUT2D eigenvalue weighted by molar-refractivity contribution is 9.10. The molecular formula is C18H17BrN2O5S. The first kappa shape index (κ1) is 19.5. The maximum atomic E-state index is 12.2. The lowest BCUT2D eigenvalue weighted by Gasteiger charge is -2.09. The van der Waals surface area contributed by atoms with Crippen molar-refractivity contribution in [1.82, 2.24) is 4.72 Å². The van der Waals surface area contributed by atoms with Gasteiger partial charge in [-0.1, -0.05) is 18.2 Å². The fourth-order valence-electron chi connectivity index (χ4n) is 2.24. The Labute approximate surface area is 165 Å². The highest BCUT2D eigenvalue weighted by Gasteiger charge is 2.28. The van der Waals surface area contributed by atoms with Crippen LogP contribution in [0.1, 0.15) is 23.2 Å². The molecule has 0 atom stereocenters. The molecule has 0 aromatic heterocycles. The van der Waals surface area contributed by atoms with E-state index in [0.717, 1.165) is 12.8 Å². The van der Waals surface area contributed by atoms with E-state index in [1.165, 1.54) is 24.3 Å². The van der Waals surface area contributed by atoms with Gasteiger partial charge >= 0.3 is 5.97 Å². The van der Waals surface area contributed by atoms with Crippen molar-refractivity contribution in [1.29, 1.82) is 0 Å². The summed E-state index contributed by atoms with van der Waals surface area (Å²) in [4.78, 5) is 24.1. The average Bonchev–Trinajstić information content (AvgIpc) is 3.45. The van der Waals surface area contributed by atoms with Crippen LogP contribution < -0.4 is 10.0 Å². The van der Waals surface area contributed by atoms with Crippen molar-refractivity contribution < 1.29 is 22.7 Å². The second-order valence-corrected chi connectivity index (χ2v) is 8.60. The number of carbonyl (C=O) groups is 2. The Hall–Kier alpha value is -2.23. The summed E-state index contributed by atoms with van der Waals surface area (Å²) in [7, 11) is -3.67. The van der Waals surface area contributed by atoms with Crippen LogP contribution >= 0.6 is 15.9 Å². The summed E-state index contributed by atoms with van der Waals surface area (Å²) >= 11 is 3.30. The van der Waals surface area contributed by atoms with Gasteiger partial charge in [0.15, 0.2) is 6.61 Å². The monoisotopic (exact) mass is 452 g/mol. The Morgan fingerprint density at radius 3 is 2.56 bits per heavy atom. The Morgan fingerprint density at radius 2 is 1.85 bits per heavy atom. The van der Waals surface area contributed by atoms with Gasteiger partial charge in [0.2, 0.25) is 10.0 Å². The maximum absolute atomic E-state index is 12.2. The van der Waals surface area contributed by atoms with E-state index in [-0.39, 0.29) is 16.5 Å². The van der Waals surface area contributed by atoms with E-state index in [1.54, 1.807) is 24.3 Å². The number of halogens is 1. The minimum Gasteiger partial charge on any atom is -0.452 e. The van der Waals surface area contributed by atoms with E-state index in [2.05, 4.69) is 26.0 Å². The van der Waals surface area contributed by atoms with Gasteiger partial charge in [-0.05, 0) is 59.1 Å². The number of nitrogens with one attached hydrogen (secondary N) is 2. The largest absolute Gasteiger partial charge is 0.452 e. The van der Waals surface area contributed by atoms with Crippen molar-refractivity contribution in [3.63, 3.8) is 0 Å². The first-order valence-electron chi connectivity index (χ1n) is 8.19. The third-order valence-electron chi connectivity index (χ3n) is 3.76. The summed E-state index contributed by atoms with van der Waals surface area (Å²) in [5.74, 6) is -1.28. The second kappa shape index (κ2) is 8.20. The molecule has 1 aliphatic carbocycles. The number of sulfonamides is 1. The molecule has 0 heterocycles. The number of ether oxygens (including phenoxy) is 1. The third-order valence-corrected chi connectivity index (χ3v) is 5.97. The highest BCUT2D eigenvalue weighted by atomic mass is 79.9. The predicted octanol–water partition coefficient (Wildman–Crippen LogP) is 2.69. The average molecular weight is 453 g/mol. The number of para-hydroxylation sites is 1. The summed E-state index contributed by atoms with van der Waals surface area (Å²) in [5.41, 5.74) is 0.611. The zero-order chi connectivity index (χ0) is 19.4. The van der Waals surface area contributed by atoms with Gasteiger partial charge in [-0.2, -0.15) is 0 Å². The molecule has 1 amide bonds. The van der Waals surface area contributed by atoms with E-state index in [0.29, 0.717) is 10.2 Å². The van der Waals surface area contributed by atoms with Gasteiger partial charge in [0.1, 0.15) is 0 Å². The molecule has 0 saturated heterocycles. The number of benzene rings is 2. The van der Waals surface area contributed by atoms with Crippen molar-refractivity contribution >= 4 is 43.5 Å². The molecule has 7 nitrogen and oxygen atoms in total. The molecule has 0 radical (unpaired) electrons. The summed E-state index contributed by atoms with van der Waals surface area (Å²) in [5, 5.41) is 2.61. The van der Waals surface area contributed by atoms with E-state index in [9.17, 15) is 18.0 Å². The SMILES string of the molecule is O=C(COC(=O)c1cccc(S(=O)(=O)NC2CC2)c1)Nc1ccccc1Br. The number of anilines is 1. The van der Waals surface area contributed by atoms with Crippen molar-refractivity contribution in [2.45, 2.75) is 23.8 Å². The minimum atomic E-state index is -3.67. The van der Waals surface area contributed by atoms with Gasteiger partial charge in [0.05, 0.1) is 16.1 Å². The lowest BCUT2D eigenvalue weighted by atomic mass is 10.2. The van der Waals surface area contributed by atoms with Gasteiger partial charge in [-0.25, -0.2) is 17.9 Å². The molecule has 1 fully saturated rings. The third kappa shape index (κ3) is 5.38. The summed E-state index contributed by atoms with van der Waals surface area (Å²) in [6.45, 7) is -0.489. The molecule has 27 heavy (non-hydrogen) atoms. The van der Waals surface area contributed by atoms with E-state index < -0.39 is 28.5 Å². The predicted molar refractivity (Wildman–Crippen MR) is 103 cm³/mol. The van der Waals surface area contributed by atoms with Gasteiger partial charge in [-0.3, -0.25) is 4.79 Å². The maximum Gasteiger partial charge on any atom is 0.338 e. The van der Waals surface area contributed by atoms with Crippen LogP contribution in [-0.2, 0) is 19.6 Å². The number of carbonyl (C=O) groups excluding carboxylic acids is 2. The molecule has 1 saturated carbocycles. The minimum absolute atomic E-state index is 0.0125. The van der Waals surface area contributed by atoms with E-state index in [1.807, 2.05) is 0 Å². The summed E-state index contributed by atoms with van der Waals surface area (Å²) in [6.07, 6.45) is 1.63. The molecule has 1 aliphatic rings. The first-order chi connectivity index (χ1) is 12.8. The fourth-order valence-corrected chi connectivity index (χ4v) is 3.98. The van der Waals surface area contributed by atoms with E-state index >= 15 is 0 Å². The number of amides is 1. The standard InChI is InChI=1S/C18H17BrN2O5S/c19-15-6-1-2-7-16(15)20-17(22)11-26-18(23)12-4-3-5-14(10-12)27(24,25)21-13-8-9-13/h1-7,10,13,21H,8-9,11H2,(H,20,22). The smallest absolute Gasteiger partial charge is 0.338 e. The number of rotatable bonds is 7. The van der Waals surface area contributed by atoms with Crippen LogP contribution in [0, 0.1) is 0 Å². The van der Waals surface area contributed by atoms with Gasteiger partial charge in [0, 0.05) is 10.5 Å². The molecule has 9 heteroatoms. The molecule has 2 aromatic carbocycles. The van der Waals surface area contributed by atoms with Gasteiger partial charge < -0.3 is 10.1 Å². The molecule has 142 valence electrons. The quantitative estimate of drug-likeness (QED) is 0.628. The first-order valence-corrected chi connectivity index (χ1v) is 10.5. The lowest BCUT2D eigenvalue weighted by molar-refractivity contribution is -0.119. The zero-order valence-corrected chi connectivity index (χ0v) is 16.5. The molecule has 0 spiro atoms. The van der Waals surface area contributed by atoms with Crippen LogP contribution in [0.25, 0.3) is 0 Å². The van der Waals surface area contributed by atoms with Crippen LogP contribution in [0.2, 0.25) is 0 Å². The topological polar surface area (TPSA) is 102 Å². The summed E-state index contributed by atoms with van der Waals surface area (Å²) < 4.78 is 32.7. The fraction of sp³-hybridized carbons (Fsp3) is 0.222. The number of hydrogen-bond donors (Lipinski definition) is 2. The van der Waals surface area contributed by atoms with Crippen molar-refractivity contribution in [3.8, 4) is 0 Å². The van der Waals surface area contributed by atoms with Crippen molar-refractivity contribution in [2.75, 3.05) is 11.9 Å².